The largest absolute Gasteiger partial charge is 0.493 e. The Morgan fingerprint density at radius 1 is 1.21 bits per heavy atom. The molecule has 1 N–H and O–H groups in total. The number of benzene rings is 1. The third-order valence-corrected chi connectivity index (χ3v) is 5.44. The van der Waals surface area contributed by atoms with Crippen LogP contribution < -0.4 is 24.4 Å². The molecule has 1 aromatic carbocycles. The van der Waals surface area contributed by atoms with Crippen molar-refractivity contribution >= 4 is 34.0 Å². The Labute approximate surface area is 166 Å². The van der Waals surface area contributed by atoms with Crippen LogP contribution in [0.25, 0.3) is 0 Å². The van der Waals surface area contributed by atoms with E-state index in [4.69, 9.17) is 14.2 Å². The first-order valence-corrected chi connectivity index (χ1v) is 9.55. The van der Waals surface area contributed by atoms with Crippen molar-refractivity contribution in [3.05, 3.63) is 17.1 Å². The summed E-state index contributed by atoms with van der Waals surface area (Å²) in [6.07, 6.45) is 0.867. The third kappa shape index (κ3) is 3.86. The van der Waals surface area contributed by atoms with E-state index in [9.17, 15) is 9.59 Å². The van der Waals surface area contributed by atoms with Crippen LogP contribution in [-0.4, -0.2) is 49.9 Å². The van der Waals surface area contributed by atoms with Crippen LogP contribution in [0, 0.1) is 5.92 Å². The number of carbonyl (C=O) groups excluding carboxylic acids is 2. The van der Waals surface area contributed by atoms with Gasteiger partial charge in [-0.3, -0.25) is 9.59 Å². The number of aromatic nitrogens is 2. The molecule has 1 unspecified atom stereocenters. The Morgan fingerprint density at radius 3 is 2.43 bits per heavy atom. The van der Waals surface area contributed by atoms with E-state index in [-0.39, 0.29) is 24.8 Å². The van der Waals surface area contributed by atoms with E-state index in [0.29, 0.717) is 28.1 Å². The summed E-state index contributed by atoms with van der Waals surface area (Å²) in [5, 5.41) is 12.0. The summed E-state index contributed by atoms with van der Waals surface area (Å²) in [5.41, 5.74) is 0.582. The zero-order valence-electron chi connectivity index (χ0n) is 16.1. The number of ether oxygens (including phenoxy) is 3. The zero-order valence-corrected chi connectivity index (χ0v) is 17.0. The molecule has 2 aromatic rings. The molecule has 28 heavy (non-hydrogen) atoms. The molecule has 0 aliphatic carbocycles. The third-order valence-electron chi connectivity index (χ3n) is 4.46. The van der Waals surface area contributed by atoms with E-state index in [2.05, 4.69) is 15.5 Å². The van der Waals surface area contributed by atoms with Crippen molar-refractivity contribution in [2.75, 3.05) is 38.1 Å². The Hall–Kier alpha value is -2.88. The van der Waals surface area contributed by atoms with Crippen LogP contribution in [0.15, 0.2) is 12.1 Å². The predicted molar refractivity (Wildman–Crippen MR) is 104 cm³/mol. The lowest BCUT2D eigenvalue weighted by Gasteiger charge is -2.20. The van der Waals surface area contributed by atoms with Crippen LogP contribution in [0.3, 0.4) is 0 Å². The second-order valence-electron chi connectivity index (χ2n) is 6.13. The molecular weight excluding hydrogens is 384 g/mol. The van der Waals surface area contributed by atoms with Crippen LogP contribution in [0.2, 0.25) is 0 Å². The first kappa shape index (κ1) is 19.9. The Bertz CT molecular complexity index is 860. The summed E-state index contributed by atoms with van der Waals surface area (Å²) in [5.74, 6) is 0.443. The highest BCUT2D eigenvalue weighted by atomic mass is 32.1. The standard InChI is InChI=1S/C18H22N4O5S/c1-5-14-20-21-18(28-14)19-17(24)10-6-15(23)22(9-10)11-7-12(25-2)16(27-4)13(8-11)26-3/h7-8,10H,5-6,9H2,1-4H3,(H,19,21,24). The van der Waals surface area contributed by atoms with E-state index in [1.54, 1.807) is 17.0 Å². The van der Waals surface area contributed by atoms with Crippen LogP contribution in [-0.2, 0) is 16.0 Å². The monoisotopic (exact) mass is 406 g/mol. The number of rotatable bonds is 7. The maximum absolute atomic E-state index is 12.6. The summed E-state index contributed by atoms with van der Waals surface area (Å²) in [4.78, 5) is 26.7. The molecule has 1 saturated heterocycles. The number of anilines is 2. The van der Waals surface area contributed by atoms with Gasteiger partial charge in [0, 0.05) is 25.1 Å². The number of aryl methyl sites for hydroxylation is 1. The molecule has 10 heteroatoms. The van der Waals surface area contributed by atoms with Crippen molar-refractivity contribution in [1.82, 2.24) is 10.2 Å². The van der Waals surface area contributed by atoms with Crippen molar-refractivity contribution in [2.24, 2.45) is 5.92 Å². The second-order valence-corrected chi connectivity index (χ2v) is 7.19. The maximum atomic E-state index is 12.6. The van der Waals surface area contributed by atoms with Gasteiger partial charge in [0.2, 0.25) is 22.7 Å². The molecule has 3 rings (SSSR count). The van der Waals surface area contributed by atoms with Gasteiger partial charge in [0.1, 0.15) is 5.01 Å². The molecule has 1 aliphatic rings. The van der Waals surface area contributed by atoms with E-state index in [0.717, 1.165) is 11.4 Å². The number of hydrogen-bond acceptors (Lipinski definition) is 8. The SMILES string of the molecule is CCc1nnc(NC(=O)C2CC(=O)N(c3cc(OC)c(OC)c(OC)c3)C2)s1. The minimum atomic E-state index is -0.486. The molecule has 0 radical (unpaired) electrons. The van der Waals surface area contributed by atoms with E-state index in [1.807, 2.05) is 6.92 Å². The molecule has 0 saturated carbocycles. The molecular formula is C18H22N4O5S. The highest BCUT2D eigenvalue weighted by molar-refractivity contribution is 7.15. The molecule has 0 bridgehead atoms. The molecule has 2 amide bonds. The Kier molecular flexibility index (Phi) is 5.98. The number of nitrogens with one attached hydrogen (secondary N) is 1. The summed E-state index contributed by atoms with van der Waals surface area (Å²) in [7, 11) is 4.53. The fourth-order valence-electron chi connectivity index (χ4n) is 3.01. The van der Waals surface area contributed by atoms with Gasteiger partial charge in [-0.2, -0.15) is 0 Å². The van der Waals surface area contributed by atoms with Crippen LogP contribution in [0.1, 0.15) is 18.4 Å². The summed E-state index contributed by atoms with van der Waals surface area (Å²) < 4.78 is 16.0. The molecule has 1 aromatic heterocycles. The minimum absolute atomic E-state index is 0.113. The second kappa shape index (κ2) is 8.42. The maximum Gasteiger partial charge on any atom is 0.231 e. The predicted octanol–water partition coefficient (Wildman–Crippen LogP) is 2.12. The van der Waals surface area contributed by atoms with Crippen molar-refractivity contribution in [3.8, 4) is 17.2 Å². The van der Waals surface area contributed by atoms with Crippen molar-refractivity contribution in [3.63, 3.8) is 0 Å². The molecule has 1 atom stereocenters. The first-order valence-electron chi connectivity index (χ1n) is 8.74. The van der Waals surface area contributed by atoms with Gasteiger partial charge in [-0.05, 0) is 6.42 Å². The van der Waals surface area contributed by atoms with Gasteiger partial charge in [-0.1, -0.05) is 18.3 Å². The molecule has 1 aliphatic heterocycles. The molecule has 2 heterocycles. The van der Waals surface area contributed by atoms with Crippen LogP contribution in [0.5, 0.6) is 17.2 Å². The summed E-state index contributed by atoms with van der Waals surface area (Å²) in [6.45, 7) is 2.22. The first-order chi connectivity index (χ1) is 13.5. The van der Waals surface area contributed by atoms with E-state index >= 15 is 0 Å². The van der Waals surface area contributed by atoms with Crippen molar-refractivity contribution in [2.45, 2.75) is 19.8 Å². The zero-order chi connectivity index (χ0) is 20.3. The van der Waals surface area contributed by atoms with Gasteiger partial charge >= 0.3 is 0 Å². The van der Waals surface area contributed by atoms with Gasteiger partial charge in [0.25, 0.3) is 0 Å². The van der Waals surface area contributed by atoms with E-state index in [1.165, 1.54) is 32.7 Å². The fourth-order valence-corrected chi connectivity index (χ4v) is 3.69. The smallest absolute Gasteiger partial charge is 0.231 e. The van der Waals surface area contributed by atoms with Crippen molar-refractivity contribution in [1.29, 1.82) is 0 Å². The topological polar surface area (TPSA) is 103 Å². The number of hydrogen-bond donors (Lipinski definition) is 1. The number of carbonyl (C=O) groups is 2. The molecule has 150 valence electrons. The lowest BCUT2D eigenvalue weighted by atomic mass is 10.1. The molecule has 0 spiro atoms. The van der Waals surface area contributed by atoms with Crippen LogP contribution in [0.4, 0.5) is 10.8 Å². The molecule has 9 nitrogen and oxygen atoms in total. The Balaban J connectivity index is 1.77. The average molecular weight is 406 g/mol. The van der Waals surface area contributed by atoms with E-state index < -0.39 is 5.92 Å². The summed E-state index contributed by atoms with van der Waals surface area (Å²) >= 11 is 1.33. The highest BCUT2D eigenvalue weighted by Gasteiger charge is 2.36. The Morgan fingerprint density at radius 2 is 1.89 bits per heavy atom. The van der Waals surface area contributed by atoms with Gasteiger partial charge in [-0.15, -0.1) is 10.2 Å². The summed E-state index contributed by atoms with van der Waals surface area (Å²) in [6, 6.07) is 3.38. The minimum Gasteiger partial charge on any atom is -0.493 e. The average Bonchev–Trinajstić information content (AvgIpc) is 3.32. The fraction of sp³-hybridized carbons (Fsp3) is 0.444. The van der Waals surface area contributed by atoms with Crippen LogP contribution >= 0.6 is 11.3 Å². The van der Waals surface area contributed by atoms with Crippen molar-refractivity contribution < 1.29 is 23.8 Å². The number of methoxy groups -OCH3 is 3. The van der Waals surface area contributed by atoms with Gasteiger partial charge in [0.05, 0.1) is 32.9 Å². The molecule has 1 fully saturated rings. The number of nitrogens with zero attached hydrogens (tertiary/aromatic N) is 3. The van der Waals surface area contributed by atoms with Gasteiger partial charge in [0.15, 0.2) is 11.5 Å². The normalized spacial score (nSPS) is 16.2. The number of amides is 2. The van der Waals surface area contributed by atoms with Gasteiger partial charge in [-0.25, -0.2) is 0 Å². The lowest BCUT2D eigenvalue weighted by Crippen LogP contribution is -2.28. The quantitative estimate of drug-likeness (QED) is 0.751. The van der Waals surface area contributed by atoms with Gasteiger partial charge < -0.3 is 24.4 Å². The lowest BCUT2D eigenvalue weighted by molar-refractivity contribution is -0.122. The highest BCUT2D eigenvalue weighted by Crippen LogP contribution is 2.42.